The van der Waals surface area contributed by atoms with Crippen molar-refractivity contribution in [2.24, 2.45) is 5.73 Å². The first-order chi connectivity index (χ1) is 5.11. The maximum Gasteiger partial charge on any atom is 0.234 e. The number of aliphatic hydroxyl groups is 1. The zero-order valence-electron chi connectivity index (χ0n) is 7.00. The number of nitrogens with one attached hydrogen (secondary N) is 1. The van der Waals surface area contributed by atoms with Gasteiger partial charge in [-0.05, 0) is 13.3 Å². The van der Waals surface area contributed by atoms with Crippen molar-refractivity contribution in [3.05, 3.63) is 0 Å². The molecule has 1 amide bonds. The molecule has 4 nitrogen and oxygen atoms in total. The zero-order valence-corrected chi connectivity index (χ0v) is 7.00. The van der Waals surface area contributed by atoms with Crippen molar-refractivity contribution < 1.29 is 9.90 Å². The molecule has 0 aliphatic heterocycles. The summed E-state index contributed by atoms with van der Waals surface area (Å²) in [5.41, 5.74) is 5.01. The Morgan fingerprint density at radius 1 is 1.73 bits per heavy atom. The Balaban J connectivity index is 3.71. The number of nitrogens with two attached hydrogens (primary N) is 1. The van der Waals surface area contributed by atoms with E-state index in [1.54, 1.807) is 6.92 Å². The largest absolute Gasteiger partial charge is 0.395 e. The number of rotatable bonds is 5. The molecule has 0 aromatic carbocycles. The molecule has 0 fully saturated rings. The van der Waals surface area contributed by atoms with E-state index in [0.29, 0.717) is 0 Å². The fourth-order valence-corrected chi connectivity index (χ4v) is 0.735. The van der Waals surface area contributed by atoms with Crippen LogP contribution in [-0.4, -0.2) is 29.7 Å². The molecule has 2 unspecified atom stereocenters. The van der Waals surface area contributed by atoms with Crippen LogP contribution in [0.25, 0.3) is 0 Å². The lowest BCUT2D eigenvalue weighted by atomic mass is 10.2. The van der Waals surface area contributed by atoms with Gasteiger partial charge in [-0.1, -0.05) is 6.92 Å². The van der Waals surface area contributed by atoms with E-state index in [0.717, 1.165) is 6.42 Å². The molecule has 0 saturated heterocycles. The van der Waals surface area contributed by atoms with Gasteiger partial charge in [0.1, 0.15) is 0 Å². The molecular weight excluding hydrogens is 144 g/mol. The fourth-order valence-electron chi connectivity index (χ4n) is 0.735. The van der Waals surface area contributed by atoms with Crippen LogP contribution in [0.4, 0.5) is 0 Å². The molecule has 11 heavy (non-hydrogen) atoms. The number of primary amides is 1. The van der Waals surface area contributed by atoms with E-state index in [4.69, 9.17) is 10.8 Å². The predicted octanol–water partition coefficient (Wildman–Crippen LogP) is -0.779. The maximum absolute atomic E-state index is 10.5. The minimum absolute atomic E-state index is 0.0301. The summed E-state index contributed by atoms with van der Waals surface area (Å²) in [7, 11) is 0. The SMILES string of the molecule is CCC(CO)NC(C)C(N)=O. The summed E-state index contributed by atoms with van der Waals surface area (Å²) >= 11 is 0. The van der Waals surface area contributed by atoms with Crippen molar-refractivity contribution in [3.63, 3.8) is 0 Å². The molecule has 4 heteroatoms. The third-order valence-electron chi connectivity index (χ3n) is 1.63. The summed E-state index contributed by atoms with van der Waals surface area (Å²) in [6, 6.07) is -0.399. The van der Waals surface area contributed by atoms with Gasteiger partial charge in [-0.15, -0.1) is 0 Å². The highest BCUT2D eigenvalue weighted by atomic mass is 16.3. The minimum atomic E-state index is -0.392. The lowest BCUT2D eigenvalue weighted by Crippen LogP contribution is -2.45. The van der Waals surface area contributed by atoms with E-state index in [1.165, 1.54) is 0 Å². The molecule has 2 atom stereocenters. The maximum atomic E-state index is 10.5. The molecule has 0 aromatic rings. The van der Waals surface area contributed by atoms with Crippen LogP contribution in [0.15, 0.2) is 0 Å². The van der Waals surface area contributed by atoms with Crippen molar-refractivity contribution in [2.45, 2.75) is 32.4 Å². The summed E-state index contributed by atoms with van der Waals surface area (Å²) < 4.78 is 0. The average molecular weight is 160 g/mol. The Morgan fingerprint density at radius 2 is 2.27 bits per heavy atom. The van der Waals surface area contributed by atoms with Gasteiger partial charge >= 0.3 is 0 Å². The molecule has 0 heterocycles. The number of hydrogen-bond acceptors (Lipinski definition) is 3. The third-order valence-corrected chi connectivity index (χ3v) is 1.63. The smallest absolute Gasteiger partial charge is 0.234 e. The second-order valence-electron chi connectivity index (χ2n) is 2.58. The second kappa shape index (κ2) is 5.09. The van der Waals surface area contributed by atoms with Gasteiger partial charge in [-0.25, -0.2) is 0 Å². The molecular formula is C7H16N2O2. The van der Waals surface area contributed by atoms with E-state index in [2.05, 4.69) is 5.32 Å². The number of amides is 1. The Labute approximate surface area is 66.8 Å². The fraction of sp³-hybridized carbons (Fsp3) is 0.857. The molecule has 0 aliphatic rings. The molecule has 66 valence electrons. The first-order valence-electron chi connectivity index (χ1n) is 3.78. The number of carbonyl (C=O) groups is 1. The van der Waals surface area contributed by atoms with Crippen LogP contribution in [0.3, 0.4) is 0 Å². The topological polar surface area (TPSA) is 75.3 Å². The second-order valence-corrected chi connectivity index (χ2v) is 2.58. The molecule has 0 spiro atoms. The standard InChI is InChI=1S/C7H16N2O2/c1-3-6(4-10)9-5(2)7(8)11/h5-6,9-10H,3-4H2,1-2H3,(H2,8,11). The molecule has 4 N–H and O–H groups in total. The van der Waals surface area contributed by atoms with Crippen molar-refractivity contribution in [3.8, 4) is 0 Å². The normalized spacial score (nSPS) is 15.9. The Morgan fingerprint density at radius 3 is 2.55 bits per heavy atom. The highest BCUT2D eigenvalue weighted by Gasteiger charge is 2.12. The van der Waals surface area contributed by atoms with E-state index in [-0.39, 0.29) is 18.7 Å². The number of hydrogen-bond donors (Lipinski definition) is 3. The Bertz CT molecular complexity index is 124. The van der Waals surface area contributed by atoms with Gasteiger partial charge < -0.3 is 16.2 Å². The third kappa shape index (κ3) is 3.95. The molecule has 0 aliphatic carbocycles. The predicted molar refractivity (Wildman–Crippen MR) is 43.0 cm³/mol. The van der Waals surface area contributed by atoms with E-state index in [1.807, 2.05) is 6.92 Å². The molecule has 0 aromatic heterocycles. The first-order valence-corrected chi connectivity index (χ1v) is 3.78. The molecule has 0 saturated carbocycles. The van der Waals surface area contributed by atoms with E-state index >= 15 is 0 Å². The van der Waals surface area contributed by atoms with Crippen LogP contribution < -0.4 is 11.1 Å². The summed E-state index contributed by atoms with van der Waals surface area (Å²) in [5.74, 6) is -0.392. The lowest BCUT2D eigenvalue weighted by molar-refractivity contribution is -0.119. The summed E-state index contributed by atoms with van der Waals surface area (Å²) in [6.45, 7) is 3.65. The average Bonchev–Trinajstić information content (AvgIpc) is 1.99. The van der Waals surface area contributed by atoms with Gasteiger partial charge in [-0.3, -0.25) is 4.79 Å². The van der Waals surface area contributed by atoms with E-state index in [9.17, 15) is 4.79 Å². The highest BCUT2D eigenvalue weighted by Crippen LogP contribution is 1.91. The van der Waals surface area contributed by atoms with Crippen LogP contribution in [0, 0.1) is 0 Å². The molecule has 0 rings (SSSR count). The first kappa shape index (κ1) is 10.4. The van der Waals surface area contributed by atoms with Crippen LogP contribution in [0.2, 0.25) is 0 Å². The van der Waals surface area contributed by atoms with Gasteiger partial charge in [0.25, 0.3) is 0 Å². The van der Waals surface area contributed by atoms with Crippen LogP contribution >= 0.6 is 0 Å². The Hall–Kier alpha value is -0.610. The highest BCUT2D eigenvalue weighted by molar-refractivity contribution is 5.79. The number of aliphatic hydroxyl groups excluding tert-OH is 1. The van der Waals surface area contributed by atoms with Crippen molar-refractivity contribution in [1.29, 1.82) is 0 Å². The molecule has 0 bridgehead atoms. The van der Waals surface area contributed by atoms with Crippen molar-refractivity contribution in [2.75, 3.05) is 6.61 Å². The lowest BCUT2D eigenvalue weighted by Gasteiger charge is -2.17. The van der Waals surface area contributed by atoms with Gasteiger partial charge in [0, 0.05) is 6.04 Å². The monoisotopic (exact) mass is 160 g/mol. The van der Waals surface area contributed by atoms with Gasteiger partial charge in [0.2, 0.25) is 5.91 Å². The van der Waals surface area contributed by atoms with Crippen LogP contribution in [0.5, 0.6) is 0 Å². The van der Waals surface area contributed by atoms with Gasteiger partial charge in [0.15, 0.2) is 0 Å². The van der Waals surface area contributed by atoms with Crippen LogP contribution in [-0.2, 0) is 4.79 Å². The van der Waals surface area contributed by atoms with Crippen molar-refractivity contribution in [1.82, 2.24) is 5.32 Å². The number of carbonyl (C=O) groups excluding carboxylic acids is 1. The van der Waals surface area contributed by atoms with Crippen molar-refractivity contribution >= 4 is 5.91 Å². The van der Waals surface area contributed by atoms with Crippen LogP contribution in [0.1, 0.15) is 20.3 Å². The molecule has 0 radical (unpaired) electrons. The Kier molecular flexibility index (Phi) is 4.81. The van der Waals surface area contributed by atoms with E-state index < -0.39 is 5.91 Å². The summed E-state index contributed by atoms with van der Waals surface area (Å²) in [6.07, 6.45) is 0.786. The zero-order chi connectivity index (χ0) is 8.85. The quantitative estimate of drug-likeness (QED) is 0.494. The summed E-state index contributed by atoms with van der Waals surface area (Å²) in [4.78, 5) is 10.5. The summed E-state index contributed by atoms with van der Waals surface area (Å²) in [5, 5.41) is 11.6. The van der Waals surface area contributed by atoms with Gasteiger partial charge in [0.05, 0.1) is 12.6 Å². The van der Waals surface area contributed by atoms with Gasteiger partial charge in [-0.2, -0.15) is 0 Å². The minimum Gasteiger partial charge on any atom is -0.395 e.